The molecule has 0 radical (unpaired) electrons. The summed E-state index contributed by atoms with van der Waals surface area (Å²) in [6.07, 6.45) is 3.48. The minimum Gasteiger partial charge on any atom is -0.347 e. The van der Waals surface area contributed by atoms with E-state index in [9.17, 15) is 14.4 Å². The number of anilines is 1. The molecule has 1 fully saturated rings. The highest BCUT2D eigenvalue weighted by Crippen LogP contribution is 2.27. The zero-order valence-electron chi connectivity index (χ0n) is 17.2. The van der Waals surface area contributed by atoms with Crippen molar-refractivity contribution in [2.24, 2.45) is 0 Å². The lowest BCUT2D eigenvalue weighted by atomic mass is 10.0. The molecule has 30 heavy (non-hydrogen) atoms. The molecule has 0 unspecified atom stereocenters. The number of nitrogens with one attached hydrogen (secondary N) is 1. The zero-order valence-corrected chi connectivity index (χ0v) is 17.2. The molecule has 0 saturated carbocycles. The van der Waals surface area contributed by atoms with Crippen molar-refractivity contribution in [3.05, 3.63) is 71.4 Å². The quantitative estimate of drug-likeness (QED) is 0.519. The number of para-hydroxylation sites is 1. The Bertz CT molecular complexity index is 1190. The van der Waals surface area contributed by atoms with Crippen LogP contribution in [0.4, 0.5) is 10.5 Å². The van der Waals surface area contributed by atoms with E-state index >= 15 is 0 Å². The standard InChI is InChI=1S/C24H23N3O3/c1-4-26-14-17(19-7-5-6-8-21(19)26)13-20-22(28)25-24(30)27(23(20)29)18-11-9-16(10-12-18)15(2)3/h5-15H,4H2,1-3H3,(H,25,28,30)/b20-13+. The molecule has 152 valence electrons. The second-order valence-corrected chi connectivity index (χ2v) is 7.59. The minimum atomic E-state index is -0.740. The lowest BCUT2D eigenvalue weighted by molar-refractivity contribution is -0.122. The Morgan fingerprint density at radius 2 is 1.70 bits per heavy atom. The summed E-state index contributed by atoms with van der Waals surface area (Å²) in [5, 5.41) is 3.23. The third-order valence-corrected chi connectivity index (χ3v) is 5.38. The van der Waals surface area contributed by atoms with Gasteiger partial charge in [0, 0.05) is 29.2 Å². The number of amides is 4. The molecule has 0 spiro atoms. The van der Waals surface area contributed by atoms with E-state index < -0.39 is 17.8 Å². The van der Waals surface area contributed by atoms with Gasteiger partial charge in [-0.25, -0.2) is 9.69 Å². The fourth-order valence-electron chi connectivity index (χ4n) is 3.71. The van der Waals surface area contributed by atoms with E-state index in [1.165, 1.54) is 0 Å². The molecule has 2 aromatic carbocycles. The van der Waals surface area contributed by atoms with Crippen LogP contribution >= 0.6 is 0 Å². The number of aryl methyl sites for hydroxylation is 1. The van der Waals surface area contributed by atoms with Crippen LogP contribution < -0.4 is 10.2 Å². The van der Waals surface area contributed by atoms with Gasteiger partial charge in [0.2, 0.25) is 0 Å². The summed E-state index contributed by atoms with van der Waals surface area (Å²) in [6, 6.07) is 14.3. The molecule has 0 atom stereocenters. The number of fused-ring (bicyclic) bond motifs is 1. The van der Waals surface area contributed by atoms with Gasteiger partial charge in [0.25, 0.3) is 11.8 Å². The predicted molar refractivity (Wildman–Crippen MR) is 117 cm³/mol. The number of imide groups is 2. The molecule has 1 saturated heterocycles. The Morgan fingerprint density at radius 3 is 2.37 bits per heavy atom. The van der Waals surface area contributed by atoms with Crippen LogP contribution in [0.3, 0.4) is 0 Å². The molecule has 4 amide bonds. The van der Waals surface area contributed by atoms with Crippen LogP contribution in [0.5, 0.6) is 0 Å². The van der Waals surface area contributed by atoms with Crippen molar-refractivity contribution in [2.45, 2.75) is 33.2 Å². The topological polar surface area (TPSA) is 71.4 Å². The van der Waals surface area contributed by atoms with Crippen molar-refractivity contribution < 1.29 is 14.4 Å². The Morgan fingerprint density at radius 1 is 1.00 bits per heavy atom. The molecule has 4 rings (SSSR count). The van der Waals surface area contributed by atoms with Crippen LogP contribution in [0.25, 0.3) is 17.0 Å². The van der Waals surface area contributed by atoms with Gasteiger partial charge in [-0.1, -0.05) is 44.2 Å². The van der Waals surface area contributed by atoms with E-state index in [1.807, 2.05) is 49.5 Å². The second-order valence-electron chi connectivity index (χ2n) is 7.59. The number of barbiturate groups is 1. The Kier molecular flexibility index (Phi) is 4.99. The summed E-state index contributed by atoms with van der Waals surface area (Å²) in [7, 11) is 0. The summed E-state index contributed by atoms with van der Waals surface area (Å²) in [4.78, 5) is 39.1. The third kappa shape index (κ3) is 3.30. The first-order valence-corrected chi connectivity index (χ1v) is 10.00. The first-order chi connectivity index (χ1) is 14.4. The first kappa shape index (κ1) is 19.6. The van der Waals surface area contributed by atoms with Crippen LogP contribution in [0.1, 0.15) is 37.8 Å². The van der Waals surface area contributed by atoms with Gasteiger partial charge in [-0.2, -0.15) is 0 Å². The highest BCUT2D eigenvalue weighted by molar-refractivity contribution is 6.39. The number of aromatic nitrogens is 1. The number of carbonyl (C=O) groups is 3. The van der Waals surface area contributed by atoms with Gasteiger partial charge in [0.05, 0.1) is 5.69 Å². The summed E-state index contributed by atoms with van der Waals surface area (Å²) in [6.45, 7) is 6.93. The van der Waals surface area contributed by atoms with E-state index in [2.05, 4.69) is 23.7 Å². The first-order valence-electron chi connectivity index (χ1n) is 10.00. The molecule has 1 aliphatic heterocycles. The van der Waals surface area contributed by atoms with Crippen molar-refractivity contribution in [2.75, 3.05) is 4.90 Å². The van der Waals surface area contributed by atoms with Crippen LogP contribution in [-0.2, 0) is 16.1 Å². The highest BCUT2D eigenvalue weighted by atomic mass is 16.2. The monoisotopic (exact) mass is 401 g/mol. The van der Waals surface area contributed by atoms with Crippen molar-refractivity contribution in [1.29, 1.82) is 0 Å². The number of hydrogen-bond donors (Lipinski definition) is 1. The molecule has 0 bridgehead atoms. The molecule has 3 aromatic rings. The Labute approximate surface area is 174 Å². The van der Waals surface area contributed by atoms with Gasteiger partial charge in [-0.3, -0.25) is 14.9 Å². The van der Waals surface area contributed by atoms with Gasteiger partial charge < -0.3 is 4.57 Å². The lowest BCUT2D eigenvalue weighted by Gasteiger charge is -2.26. The summed E-state index contributed by atoms with van der Waals surface area (Å²) in [5.74, 6) is -0.986. The molecular weight excluding hydrogens is 378 g/mol. The average molecular weight is 401 g/mol. The van der Waals surface area contributed by atoms with Crippen LogP contribution in [-0.4, -0.2) is 22.4 Å². The van der Waals surface area contributed by atoms with Crippen LogP contribution in [0, 0.1) is 0 Å². The maximum absolute atomic E-state index is 13.2. The van der Waals surface area contributed by atoms with E-state index in [1.54, 1.807) is 18.2 Å². The number of nitrogens with zero attached hydrogens (tertiary/aromatic N) is 2. The molecule has 1 aromatic heterocycles. The number of carbonyl (C=O) groups excluding carboxylic acids is 3. The number of benzene rings is 2. The van der Waals surface area contributed by atoms with Crippen LogP contribution in [0.15, 0.2) is 60.3 Å². The molecule has 1 N–H and O–H groups in total. The summed E-state index contributed by atoms with van der Waals surface area (Å²) >= 11 is 0. The fourth-order valence-corrected chi connectivity index (χ4v) is 3.71. The minimum absolute atomic E-state index is 0.0680. The molecule has 0 aliphatic carbocycles. The number of hydrogen-bond acceptors (Lipinski definition) is 3. The zero-order chi connectivity index (χ0) is 21.4. The number of rotatable bonds is 4. The van der Waals surface area contributed by atoms with E-state index in [0.29, 0.717) is 11.6 Å². The van der Waals surface area contributed by atoms with E-state index in [0.717, 1.165) is 33.5 Å². The van der Waals surface area contributed by atoms with Gasteiger partial charge >= 0.3 is 6.03 Å². The third-order valence-electron chi connectivity index (χ3n) is 5.38. The highest BCUT2D eigenvalue weighted by Gasteiger charge is 2.37. The lowest BCUT2D eigenvalue weighted by Crippen LogP contribution is -2.54. The van der Waals surface area contributed by atoms with Gasteiger partial charge in [0.1, 0.15) is 5.57 Å². The molecule has 6 heteroatoms. The molecule has 1 aliphatic rings. The maximum atomic E-state index is 13.2. The summed E-state index contributed by atoms with van der Waals surface area (Å²) in [5.41, 5.74) is 3.24. The average Bonchev–Trinajstić information content (AvgIpc) is 3.09. The molecule has 2 heterocycles. The van der Waals surface area contributed by atoms with Crippen molar-refractivity contribution in [1.82, 2.24) is 9.88 Å². The fraction of sp³-hybridized carbons (Fsp3) is 0.208. The van der Waals surface area contributed by atoms with Crippen molar-refractivity contribution >= 4 is 40.5 Å². The SMILES string of the molecule is CCn1cc(/C=C2\C(=O)NC(=O)N(c3ccc(C(C)C)cc3)C2=O)c2ccccc21. The summed E-state index contributed by atoms with van der Waals surface area (Å²) < 4.78 is 2.06. The number of urea groups is 1. The maximum Gasteiger partial charge on any atom is 0.335 e. The molecule has 6 nitrogen and oxygen atoms in total. The van der Waals surface area contributed by atoms with Crippen molar-refractivity contribution in [3.63, 3.8) is 0 Å². The van der Waals surface area contributed by atoms with E-state index in [4.69, 9.17) is 0 Å². The normalized spacial score (nSPS) is 16.1. The Hall–Kier alpha value is -3.67. The molecular formula is C24H23N3O3. The van der Waals surface area contributed by atoms with Crippen molar-refractivity contribution in [3.8, 4) is 0 Å². The van der Waals surface area contributed by atoms with Gasteiger partial charge in [-0.15, -0.1) is 0 Å². The second kappa shape index (κ2) is 7.63. The Balaban J connectivity index is 1.76. The van der Waals surface area contributed by atoms with Gasteiger partial charge in [0.15, 0.2) is 0 Å². The smallest absolute Gasteiger partial charge is 0.335 e. The van der Waals surface area contributed by atoms with Crippen LogP contribution in [0.2, 0.25) is 0 Å². The largest absolute Gasteiger partial charge is 0.347 e. The predicted octanol–water partition coefficient (Wildman–Crippen LogP) is 4.45. The van der Waals surface area contributed by atoms with Gasteiger partial charge in [-0.05, 0) is 42.7 Å². The van der Waals surface area contributed by atoms with E-state index in [-0.39, 0.29) is 5.57 Å².